The summed E-state index contributed by atoms with van der Waals surface area (Å²) in [7, 11) is -8.10. The molecule has 1 atom stereocenters. The highest BCUT2D eigenvalue weighted by molar-refractivity contribution is 7.94. The van der Waals surface area contributed by atoms with Gasteiger partial charge in [0.1, 0.15) is 17.2 Å². The molecule has 0 bridgehead atoms. The summed E-state index contributed by atoms with van der Waals surface area (Å²) >= 11 is 0. The van der Waals surface area contributed by atoms with Crippen LogP contribution in [0.3, 0.4) is 0 Å². The van der Waals surface area contributed by atoms with Crippen molar-refractivity contribution in [2.75, 3.05) is 36.4 Å². The van der Waals surface area contributed by atoms with Crippen LogP contribution in [-0.4, -0.2) is 64.7 Å². The minimum Gasteiger partial charge on any atom is -0.379 e. The summed E-state index contributed by atoms with van der Waals surface area (Å²) in [4.78, 5) is 1.82. The molecule has 1 aromatic rings. The molecule has 1 unspecified atom stereocenters. The fourth-order valence-electron chi connectivity index (χ4n) is 4.36. The van der Waals surface area contributed by atoms with Crippen molar-refractivity contribution in [1.29, 1.82) is 0 Å². The fourth-order valence-corrected chi connectivity index (χ4v) is 7.70. The van der Waals surface area contributed by atoms with E-state index >= 15 is 4.39 Å². The van der Waals surface area contributed by atoms with Crippen LogP contribution in [0.1, 0.15) is 32.1 Å². The molecule has 168 valence electrons. The Morgan fingerprint density at radius 2 is 1.73 bits per heavy atom. The average molecular weight is 462 g/mol. The zero-order chi connectivity index (χ0) is 21.6. The van der Waals surface area contributed by atoms with Crippen molar-refractivity contribution in [3.63, 3.8) is 0 Å². The van der Waals surface area contributed by atoms with Crippen molar-refractivity contribution < 1.29 is 26.0 Å². The topological polar surface area (TPSA) is 110 Å². The van der Waals surface area contributed by atoms with Crippen LogP contribution in [0.2, 0.25) is 0 Å². The van der Waals surface area contributed by atoms with E-state index in [0.29, 0.717) is 39.1 Å². The van der Waals surface area contributed by atoms with Crippen molar-refractivity contribution in [2.45, 2.75) is 43.0 Å². The number of hydrogen-bond acceptors (Lipinski definition) is 6. The second kappa shape index (κ2) is 8.01. The Balaban J connectivity index is 1.94. The number of para-hydroxylation sites is 1. The molecule has 0 aromatic heterocycles. The number of primary sulfonamides is 1. The predicted octanol–water partition coefficient (Wildman–Crippen LogP) is 1.24. The Labute approximate surface area is 177 Å². The summed E-state index contributed by atoms with van der Waals surface area (Å²) in [5, 5.41) is 4.87. The largest absolute Gasteiger partial charge is 0.379 e. The van der Waals surface area contributed by atoms with Gasteiger partial charge in [0.15, 0.2) is 0 Å². The fraction of sp³-hybridized carbons (Fsp3) is 0.684. The Kier molecular flexibility index (Phi) is 5.86. The standard InChI is InChI=1S/C19H28FN3O5S2/c20-17-3-1-2-4-18(17)23(30(26,27)16-7-8-16)19(13-15-5-6-15,14-29(21,24)25)22-9-11-28-12-10-22/h1-4,15-16H,5-14H2,(H2,21,24,25). The summed E-state index contributed by atoms with van der Waals surface area (Å²) in [5.41, 5.74) is -1.62. The first kappa shape index (κ1) is 21.9. The van der Waals surface area contributed by atoms with Gasteiger partial charge in [-0.25, -0.2) is 30.7 Å². The van der Waals surface area contributed by atoms with Crippen LogP contribution in [-0.2, 0) is 24.8 Å². The number of rotatable bonds is 9. The van der Waals surface area contributed by atoms with E-state index < -0.39 is 42.5 Å². The number of nitrogens with two attached hydrogens (primary N) is 1. The highest BCUT2D eigenvalue weighted by atomic mass is 32.2. The molecule has 4 rings (SSSR count). The maximum absolute atomic E-state index is 15.0. The first-order valence-corrected chi connectivity index (χ1v) is 13.5. The molecule has 8 nitrogen and oxygen atoms in total. The van der Waals surface area contributed by atoms with Crippen LogP contribution in [0.5, 0.6) is 0 Å². The second-order valence-corrected chi connectivity index (χ2v) is 12.2. The zero-order valence-electron chi connectivity index (χ0n) is 16.7. The molecular formula is C19H28FN3O5S2. The Morgan fingerprint density at radius 1 is 1.10 bits per heavy atom. The number of sulfonamides is 2. The summed E-state index contributed by atoms with van der Waals surface area (Å²) in [5.74, 6) is -1.14. The van der Waals surface area contributed by atoms with Crippen molar-refractivity contribution >= 4 is 25.7 Å². The third-order valence-electron chi connectivity index (χ3n) is 5.99. The minimum absolute atomic E-state index is 0.125. The van der Waals surface area contributed by atoms with E-state index in [1.807, 2.05) is 4.90 Å². The minimum atomic E-state index is -4.09. The van der Waals surface area contributed by atoms with E-state index in [2.05, 4.69) is 0 Å². The van der Waals surface area contributed by atoms with Crippen LogP contribution in [0.25, 0.3) is 0 Å². The molecule has 1 aliphatic heterocycles. The summed E-state index contributed by atoms with van der Waals surface area (Å²) in [6.07, 6.45) is 3.00. The predicted molar refractivity (Wildman–Crippen MR) is 111 cm³/mol. The number of ether oxygens (including phenoxy) is 1. The number of halogens is 1. The molecule has 0 radical (unpaired) electrons. The Bertz CT molecular complexity index is 989. The molecule has 2 N–H and O–H groups in total. The number of morpholine rings is 1. The van der Waals surface area contributed by atoms with E-state index in [1.165, 1.54) is 18.2 Å². The highest BCUT2D eigenvalue weighted by Gasteiger charge is 2.56. The van der Waals surface area contributed by atoms with Crippen molar-refractivity contribution in [3.05, 3.63) is 30.1 Å². The van der Waals surface area contributed by atoms with Gasteiger partial charge in [-0.1, -0.05) is 25.0 Å². The van der Waals surface area contributed by atoms with Gasteiger partial charge >= 0.3 is 0 Å². The van der Waals surface area contributed by atoms with Crippen LogP contribution in [0.4, 0.5) is 10.1 Å². The maximum Gasteiger partial charge on any atom is 0.239 e. The molecule has 2 aliphatic carbocycles. The molecular weight excluding hydrogens is 433 g/mol. The molecule has 0 spiro atoms. The smallest absolute Gasteiger partial charge is 0.239 e. The zero-order valence-corrected chi connectivity index (χ0v) is 18.4. The van der Waals surface area contributed by atoms with E-state index in [0.717, 1.165) is 17.1 Å². The average Bonchev–Trinajstić information content (AvgIpc) is 3.56. The second-order valence-electron chi connectivity index (χ2n) is 8.50. The monoisotopic (exact) mass is 461 g/mol. The van der Waals surface area contributed by atoms with Gasteiger partial charge in [0.25, 0.3) is 0 Å². The van der Waals surface area contributed by atoms with E-state index in [9.17, 15) is 16.8 Å². The quantitative estimate of drug-likeness (QED) is 0.593. The Morgan fingerprint density at radius 3 is 2.27 bits per heavy atom. The molecule has 1 saturated heterocycles. The van der Waals surface area contributed by atoms with E-state index in [1.54, 1.807) is 6.07 Å². The van der Waals surface area contributed by atoms with Gasteiger partial charge in [-0.3, -0.25) is 4.90 Å². The molecule has 3 aliphatic rings. The van der Waals surface area contributed by atoms with Crippen LogP contribution < -0.4 is 9.44 Å². The first-order valence-electron chi connectivity index (χ1n) is 10.3. The van der Waals surface area contributed by atoms with E-state index in [-0.39, 0.29) is 18.0 Å². The summed E-state index contributed by atoms with van der Waals surface area (Å²) < 4.78 is 73.7. The molecule has 11 heteroatoms. The maximum atomic E-state index is 15.0. The third-order valence-corrected chi connectivity index (χ3v) is 9.22. The molecule has 30 heavy (non-hydrogen) atoms. The number of nitrogens with zero attached hydrogens (tertiary/aromatic N) is 2. The highest BCUT2D eigenvalue weighted by Crippen LogP contribution is 2.47. The van der Waals surface area contributed by atoms with Crippen molar-refractivity contribution in [3.8, 4) is 0 Å². The SMILES string of the molecule is NS(=O)(=O)CC(CC1CC1)(N1CCOCC1)N(c1ccccc1F)S(=O)(=O)C1CC1. The molecule has 1 heterocycles. The van der Waals surface area contributed by atoms with Gasteiger partial charge in [0.2, 0.25) is 20.0 Å². The normalized spacial score (nSPS) is 23.1. The summed E-state index contributed by atoms with van der Waals surface area (Å²) in [6, 6.07) is 5.65. The van der Waals surface area contributed by atoms with Crippen LogP contribution >= 0.6 is 0 Å². The molecule has 3 fully saturated rings. The lowest BCUT2D eigenvalue weighted by molar-refractivity contribution is -0.0158. The number of hydrogen-bond donors (Lipinski definition) is 1. The lowest BCUT2D eigenvalue weighted by Gasteiger charge is -2.52. The van der Waals surface area contributed by atoms with Gasteiger partial charge in [0, 0.05) is 13.1 Å². The van der Waals surface area contributed by atoms with Crippen molar-refractivity contribution in [1.82, 2.24) is 4.90 Å². The number of benzene rings is 1. The van der Waals surface area contributed by atoms with Crippen LogP contribution in [0, 0.1) is 11.7 Å². The lowest BCUT2D eigenvalue weighted by atomic mass is 10.0. The van der Waals surface area contributed by atoms with Gasteiger partial charge in [-0.15, -0.1) is 0 Å². The molecule has 1 aromatic carbocycles. The molecule has 0 amide bonds. The van der Waals surface area contributed by atoms with Gasteiger partial charge in [-0.05, 0) is 37.3 Å². The number of anilines is 1. The van der Waals surface area contributed by atoms with Crippen LogP contribution in [0.15, 0.2) is 24.3 Å². The summed E-state index contributed by atoms with van der Waals surface area (Å²) in [6.45, 7) is 1.36. The third kappa shape index (κ3) is 4.50. The van der Waals surface area contributed by atoms with E-state index in [4.69, 9.17) is 9.88 Å². The van der Waals surface area contributed by atoms with Gasteiger partial charge < -0.3 is 4.74 Å². The first-order chi connectivity index (χ1) is 14.1. The van der Waals surface area contributed by atoms with Gasteiger partial charge in [-0.2, -0.15) is 0 Å². The lowest BCUT2D eigenvalue weighted by Crippen LogP contribution is -2.69. The van der Waals surface area contributed by atoms with Crippen molar-refractivity contribution in [2.24, 2.45) is 11.1 Å². The van der Waals surface area contributed by atoms with Gasteiger partial charge in [0.05, 0.1) is 24.2 Å². The Hall–Kier alpha value is -1.27. The molecule has 2 saturated carbocycles.